The molecule has 0 aliphatic heterocycles. The fourth-order valence-electron chi connectivity index (χ4n) is 0.917. The smallest absolute Gasteiger partial charge is 0.384 e. The molecule has 0 unspecified atom stereocenters. The summed E-state index contributed by atoms with van der Waals surface area (Å²) in [5.41, 5.74) is 6.86. The van der Waals surface area contributed by atoms with Crippen molar-refractivity contribution < 1.29 is 9.53 Å². The second-order valence-electron chi connectivity index (χ2n) is 2.66. The Labute approximate surface area is 87.3 Å². The molecule has 0 fully saturated rings. The van der Waals surface area contributed by atoms with Crippen molar-refractivity contribution >= 4 is 11.7 Å². The fraction of sp³-hybridized carbons (Fsp3) is 0.0909. The third-order valence-corrected chi connectivity index (χ3v) is 1.67. The number of benzene rings is 1. The Hall–Kier alpha value is -2.46. The Kier molecular flexibility index (Phi) is 3.32. The van der Waals surface area contributed by atoms with Gasteiger partial charge in [0.15, 0.2) is 0 Å². The number of nitrogens with zero attached hydrogens (tertiary/aromatic N) is 1. The molecule has 2 N–H and O–H groups in total. The molecule has 0 aliphatic carbocycles. The van der Waals surface area contributed by atoms with E-state index in [0.717, 1.165) is 0 Å². The lowest BCUT2D eigenvalue weighted by Gasteiger charge is -1.96. The number of anilines is 1. The molecule has 15 heavy (non-hydrogen) atoms. The van der Waals surface area contributed by atoms with Crippen molar-refractivity contribution in [1.82, 2.24) is 0 Å². The zero-order valence-electron chi connectivity index (χ0n) is 8.07. The Bertz CT molecular complexity index is 490. The lowest BCUT2D eigenvalue weighted by molar-refractivity contribution is -0.133. The standard InChI is InChI=1S/C11H8N2O2/c1-15-11(14)5-3-8-2-4-9(7-12)10(13)6-8/h2,4,6H,13H2,1H3. The Balaban J connectivity index is 2.98. The van der Waals surface area contributed by atoms with E-state index in [9.17, 15) is 4.79 Å². The van der Waals surface area contributed by atoms with Crippen LogP contribution in [0.5, 0.6) is 0 Å². The van der Waals surface area contributed by atoms with E-state index in [1.807, 2.05) is 6.07 Å². The number of hydrogen-bond acceptors (Lipinski definition) is 4. The highest BCUT2D eigenvalue weighted by Gasteiger charge is 1.98. The highest BCUT2D eigenvalue weighted by atomic mass is 16.5. The van der Waals surface area contributed by atoms with Gasteiger partial charge in [0, 0.05) is 11.5 Å². The van der Waals surface area contributed by atoms with Gasteiger partial charge in [-0.05, 0) is 18.2 Å². The van der Waals surface area contributed by atoms with Crippen LogP contribution in [0.15, 0.2) is 18.2 Å². The number of nitriles is 1. The average molecular weight is 200 g/mol. The maximum atomic E-state index is 10.7. The summed E-state index contributed by atoms with van der Waals surface area (Å²) < 4.78 is 4.35. The minimum Gasteiger partial charge on any atom is -0.459 e. The summed E-state index contributed by atoms with van der Waals surface area (Å²) in [6, 6.07) is 6.64. The molecule has 0 saturated heterocycles. The first-order chi connectivity index (χ1) is 7.17. The number of nitrogen functional groups attached to an aromatic ring is 1. The van der Waals surface area contributed by atoms with Crippen LogP contribution in [0.2, 0.25) is 0 Å². The highest BCUT2D eigenvalue weighted by molar-refractivity contribution is 5.89. The number of rotatable bonds is 0. The maximum absolute atomic E-state index is 10.7. The molecule has 1 aromatic rings. The number of esters is 1. The van der Waals surface area contributed by atoms with E-state index in [1.54, 1.807) is 12.1 Å². The first-order valence-electron chi connectivity index (χ1n) is 4.07. The molecule has 4 nitrogen and oxygen atoms in total. The Morgan fingerprint density at radius 3 is 2.80 bits per heavy atom. The molecule has 0 aromatic heterocycles. The second-order valence-corrected chi connectivity index (χ2v) is 2.66. The zero-order chi connectivity index (χ0) is 11.3. The summed E-state index contributed by atoms with van der Waals surface area (Å²) in [7, 11) is 1.25. The molecule has 0 heterocycles. The molecule has 0 saturated carbocycles. The third-order valence-electron chi connectivity index (χ3n) is 1.67. The summed E-state index contributed by atoms with van der Waals surface area (Å²) in [6.07, 6.45) is 0. The van der Waals surface area contributed by atoms with Crippen LogP contribution in [0.1, 0.15) is 11.1 Å². The van der Waals surface area contributed by atoms with Gasteiger partial charge in [0.25, 0.3) is 0 Å². The van der Waals surface area contributed by atoms with Gasteiger partial charge < -0.3 is 10.5 Å². The topological polar surface area (TPSA) is 76.1 Å². The largest absolute Gasteiger partial charge is 0.459 e. The van der Waals surface area contributed by atoms with Gasteiger partial charge in [0.05, 0.1) is 18.4 Å². The molecular formula is C11H8N2O2. The predicted molar refractivity (Wildman–Crippen MR) is 54.5 cm³/mol. The van der Waals surface area contributed by atoms with Gasteiger partial charge in [0.1, 0.15) is 6.07 Å². The number of ether oxygens (including phenoxy) is 1. The first kappa shape index (κ1) is 10.6. The second kappa shape index (κ2) is 4.69. The van der Waals surface area contributed by atoms with Gasteiger partial charge in [0.2, 0.25) is 0 Å². The van der Waals surface area contributed by atoms with E-state index in [2.05, 4.69) is 16.6 Å². The van der Waals surface area contributed by atoms with Gasteiger partial charge in [-0.2, -0.15) is 5.26 Å². The van der Waals surface area contributed by atoms with Crippen molar-refractivity contribution in [2.24, 2.45) is 0 Å². The van der Waals surface area contributed by atoms with E-state index in [-0.39, 0.29) is 0 Å². The van der Waals surface area contributed by atoms with E-state index < -0.39 is 5.97 Å². The van der Waals surface area contributed by atoms with Crippen LogP contribution in [-0.2, 0) is 9.53 Å². The molecule has 0 aliphatic rings. The van der Waals surface area contributed by atoms with Crippen LogP contribution in [0.25, 0.3) is 0 Å². The minimum absolute atomic E-state index is 0.342. The molecule has 0 atom stereocenters. The maximum Gasteiger partial charge on any atom is 0.384 e. The highest BCUT2D eigenvalue weighted by Crippen LogP contribution is 2.11. The van der Waals surface area contributed by atoms with Crippen molar-refractivity contribution in [2.45, 2.75) is 0 Å². The molecule has 0 amide bonds. The third kappa shape index (κ3) is 2.75. The van der Waals surface area contributed by atoms with E-state index in [1.165, 1.54) is 13.2 Å². The number of hydrogen-bond donors (Lipinski definition) is 1. The average Bonchev–Trinajstić information content (AvgIpc) is 2.26. The van der Waals surface area contributed by atoms with E-state index in [4.69, 9.17) is 11.0 Å². The van der Waals surface area contributed by atoms with Crippen LogP contribution >= 0.6 is 0 Å². The van der Waals surface area contributed by atoms with Gasteiger partial charge in [-0.1, -0.05) is 5.92 Å². The van der Waals surface area contributed by atoms with Crippen molar-refractivity contribution in [3.63, 3.8) is 0 Å². The van der Waals surface area contributed by atoms with Gasteiger partial charge >= 0.3 is 5.97 Å². The number of nitrogens with two attached hydrogens (primary N) is 1. The molecule has 0 bridgehead atoms. The van der Waals surface area contributed by atoms with Crippen LogP contribution in [0.3, 0.4) is 0 Å². The van der Waals surface area contributed by atoms with Crippen LogP contribution in [0.4, 0.5) is 5.69 Å². The van der Waals surface area contributed by atoms with Crippen molar-refractivity contribution in [3.05, 3.63) is 29.3 Å². The van der Waals surface area contributed by atoms with Crippen LogP contribution < -0.4 is 5.73 Å². The number of carbonyl (C=O) groups is 1. The molecule has 0 spiro atoms. The van der Waals surface area contributed by atoms with Gasteiger partial charge in [-0.15, -0.1) is 0 Å². The molecule has 74 valence electrons. The SMILES string of the molecule is COC(=O)C#Cc1ccc(C#N)c(N)c1. The molecule has 0 radical (unpaired) electrons. The van der Waals surface area contributed by atoms with Crippen LogP contribution in [0, 0.1) is 23.2 Å². The lowest BCUT2D eigenvalue weighted by atomic mass is 10.1. The quantitative estimate of drug-likeness (QED) is 0.379. The van der Waals surface area contributed by atoms with Gasteiger partial charge in [-0.25, -0.2) is 4.79 Å². The summed E-state index contributed by atoms with van der Waals surface area (Å²) in [5, 5.41) is 8.63. The van der Waals surface area contributed by atoms with E-state index >= 15 is 0 Å². The summed E-state index contributed by atoms with van der Waals surface area (Å²) in [4.78, 5) is 10.7. The summed E-state index contributed by atoms with van der Waals surface area (Å²) >= 11 is 0. The minimum atomic E-state index is -0.613. The molecule has 4 heteroatoms. The molecule has 1 rings (SSSR count). The lowest BCUT2D eigenvalue weighted by Crippen LogP contribution is -1.95. The van der Waals surface area contributed by atoms with Crippen molar-refractivity contribution in [3.8, 4) is 17.9 Å². The van der Waals surface area contributed by atoms with Crippen LogP contribution in [-0.4, -0.2) is 13.1 Å². The fourth-order valence-corrected chi connectivity index (χ4v) is 0.917. The number of methoxy groups -OCH3 is 1. The van der Waals surface area contributed by atoms with Gasteiger partial charge in [-0.3, -0.25) is 0 Å². The molecular weight excluding hydrogens is 192 g/mol. The molecule has 1 aromatic carbocycles. The van der Waals surface area contributed by atoms with E-state index in [0.29, 0.717) is 16.8 Å². The Morgan fingerprint density at radius 2 is 2.27 bits per heavy atom. The summed E-state index contributed by atoms with van der Waals surface area (Å²) in [5.74, 6) is 4.22. The predicted octanol–water partition coefficient (Wildman–Crippen LogP) is 0.665. The monoisotopic (exact) mass is 200 g/mol. The summed E-state index contributed by atoms with van der Waals surface area (Å²) in [6.45, 7) is 0. The Morgan fingerprint density at radius 1 is 1.53 bits per heavy atom. The van der Waals surface area contributed by atoms with Crippen molar-refractivity contribution in [2.75, 3.05) is 12.8 Å². The van der Waals surface area contributed by atoms with Crippen molar-refractivity contribution in [1.29, 1.82) is 5.26 Å². The normalized spacial score (nSPS) is 8.27. The first-order valence-corrected chi connectivity index (χ1v) is 4.07. The number of carbonyl (C=O) groups excluding carboxylic acids is 1. The zero-order valence-corrected chi connectivity index (χ0v) is 8.07.